The summed E-state index contributed by atoms with van der Waals surface area (Å²) < 4.78 is 0. The second-order valence-corrected chi connectivity index (χ2v) is 20.9. The number of hydrogen-bond acceptors (Lipinski definition) is 14. The third-order valence-electron chi connectivity index (χ3n) is 12.9. The van der Waals surface area contributed by atoms with Crippen LogP contribution in [-0.4, -0.2) is 151 Å². The SMILES string of the molecule is CCCCCCC[C@@H](O)CC(=O)N[C@H](CCN)C(=O)N[C@H]1CCNC(=O)[C@H](CC(C)C)NC(=O)[C@H](CCN)NC(=O)[C@H](CCN)NC(=O)[C@H](CC(C)C)NC(=O)[C@@H](Cc2ccccc2)NC(=O)[C@H](CCCNC(=N)N)NC1=O. The molecule has 1 heterocycles. The van der Waals surface area contributed by atoms with Gasteiger partial charge in [-0.15, -0.1) is 0 Å². The van der Waals surface area contributed by atoms with Crippen LogP contribution in [0.5, 0.6) is 0 Å². The van der Waals surface area contributed by atoms with Crippen molar-refractivity contribution in [2.24, 2.45) is 34.8 Å². The summed E-state index contributed by atoms with van der Waals surface area (Å²) in [6, 6.07) is -1.80. The lowest BCUT2D eigenvalue weighted by Gasteiger charge is -2.28. The molecule has 78 heavy (non-hydrogen) atoms. The highest BCUT2D eigenvalue weighted by Gasteiger charge is 2.36. The number of unbranched alkanes of at least 4 members (excludes halogenated alkanes) is 4. The first-order chi connectivity index (χ1) is 37.1. The maximum atomic E-state index is 14.6. The van der Waals surface area contributed by atoms with Crippen LogP contribution in [0.15, 0.2) is 30.3 Å². The molecule has 2 rings (SSSR count). The minimum atomic E-state index is -1.50. The van der Waals surface area contributed by atoms with Gasteiger partial charge in [-0.3, -0.25) is 48.6 Å². The van der Waals surface area contributed by atoms with Crippen LogP contribution in [0.25, 0.3) is 0 Å². The molecule has 0 unspecified atom stereocenters. The van der Waals surface area contributed by atoms with Crippen molar-refractivity contribution in [3.8, 4) is 0 Å². The van der Waals surface area contributed by atoms with Crippen molar-refractivity contribution < 1.29 is 48.3 Å². The first kappa shape index (κ1) is 67.7. The van der Waals surface area contributed by atoms with E-state index >= 15 is 0 Å². The van der Waals surface area contributed by atoms with Crippen molar-refractivity contribution in [3.05, 3.63) is 35.9 Å². The van der Waals surface area contributed by atoms with Crippen LogP contribution in [0.1, 0.15) is 136 Å². The smallest absolute Gasteiger partial charge is 0.243 e. The molecule has 20 N–H and O–H groups in total. The van der Waals surface area contributed by atoms with Crippen LogP contribution in [0.2, 0.25) is 0 Å². The van der Waals surface area contributed by atoms with Crippen molar-refractivity contribution in [1.82, 2.24) is 53.2 Å². The van der Waals surface area contributed by atoms with Crippen molar-refractivity contribution in [1.29, 1.82) is 5.41 Å². The van der Waals surface area contributed by atoms with Crippen LogP contribution >= 0.6 is 0 Å². The van der Waals surface area contributed by atoms with Gasteiger partial charge in [0.2, 0.25) is 53.2 Å². The number of nitrogens with one attached hydrogen (secondary N) is 11. The molecule has 0 radical (unpaired) electrons. The maximum absolute atomic E-state index is 14.6. The number of aliphatic hydroxyl groups is 1. The normalized spacial score (nSPS) is 22.3. The molecule has 0 saturated carbocycles. The Kier molecular flexibility index (Phi) is 32.4. The molecule has 25 nitrogen and oxygen atoms in total. The van der Waals surface area contributed by atoms with Crippen LogP contribution < -0.4 is 76.1 Å². The number of nitrogens with two attached hydrogens (primary N) is 4. The Labute approximate surface area is 459 Å². The molecular formula is C53H93N15O10. The average Bonchev–Trinajstić information content (AvgIpc) is 3.37. The van der Waals surface area contributed by atoms with E-state index in [0.29, 0.717) is 18.4 Å². The number of carbonyl (C=O) groups is 9. The molecule has 9 amide bonds. The zero-order chi connectivity index (χ0) is 58.2. The van der Waals surface area contributed by atoms with Gasteiger partial charge in [-0.05, 0) is 94.8 Å². The van der Waals surface area contributed by atoms with Gasteiger partial charge in [-0.2, -0.15) is 0 Å². The number of guanidine groups is 1. The maximum Gasteiger partial charge on any atom is 0.243 e. The molecule has 1 saturated heterocycles. The zero-order valence-corrected chi connectivity index (χ0v) is 46.5. The fourth-order valence-corrected chi connectivity index (χ4v) is 8.76. The Bertz CT molecular complexity index is 2070. The monoisotopic (exact) mass is 1100 g/mol. The number of rotatable bonds is 27. The second kappa shape index (κ2) is 37.4. The lowest BCUT2D eigenvalue weighted by atomic mass is 10.00. The summed E-state index contributed by atoms with van der Waals surface area (Å²) in [5.41, 5.74) is 23.8. The highest BCUT2D eigenvalue weighted by Crippen LogP contribution is 2.13. The number of carbonyl (C=O) groups excluding carboxylic acids is 9. The molecule has 25 heteroatoms. The Morgan fingerprint density at radius 1 is 0.641 bits per heavy atom. The fourth-order valence-electron chi connectivity index (χ4n) is 8.76. The number of hydrogen-bond donors (Lipinski definition) is 16. The van der Waals surface area contributed by atoms with E-state index in [9.17, 15) is 48.3 Å². The molecule has 0 bridgehead atoms. The van der Waals surface area contributed by atoms with Crippen molar-refractivity contribution in [2.45, 2.75) is 192 Å². The third kappa shape index (κ3) is 26.7. The fraction of sp³-hybridized carbons (Fsp3) is 0.698. The summed E-state index contributed by atoms with van der Waals surface area (Å²) in [5.74, 6) is -7.58. The van der Waals surface area contributed by atoms with E-state index in [1.165, 1.54) is 0 Å². The van der Waals surface area contributed by atoms with Crippen molar-refractivity contribution in [3.63, 3.8) is 0 Å². The van der Waals surface area contributed by atoms with Gasteiger partial charge >= 0.3 is 0 Å². The summed E-state index contributed by atoms with van der Waals surface area (Å²) in [7, 11) is 0. The number of aliphatic hydroxyl groups excluding tert-OH is 1. The summed E-state index contributed by atoms with van der Waals surface area (Å²) in [4.78, 5) is 127. The van der Waals surface area contributed by atoms with Gasteiger partial charge in [0.05, 0.1) is 12.5 Å². The minimum absolute atomic E-state index is 0.0567. The van der Waals surface area contributed by atoms with Gasteiger partial charge < -0.3 is 81.2 Å². The average molecular weight is 1100 g/mol. The largest absolute Gasteiger partial charge is 0.393 e. The molecule has 1 fully saturated rings. The third-order valence-corrected chi connectivity index (χ3v) is 12.9. The van der Waals surface area contributed by atoms with Gasteiger partial charge in [0.15, 0.2) is 5.96 Å². The predicted octanol–water partition coefficient (Wildman–Crippen LogP) is -1.86. The molecule has 1 aromatic carbocycles. The highest BCUT2D eigenvalue weighted by atomic mass is 16.3. The second-order valence-electron chi connectivity index (χ2n) is 20.9. The summed E-state index contributed by atoms with van der Waals surface area (Å²) in [5, 5.41) is 45.2. The van der Waals surface area contributed by atoms with Gasteiger partial charge in [-0.25, -0.2) is 0 Å². The minimum Gasteiger partial charge on any atom is -0.393 e. The van der Waals surface area contributed by atoms with Gasteiger partial charge in [0, 0.05) is 19.5 Å². The van der Waals surface area contributed by atoms with E-state index in [1.54, 1.807) is 30.3 Å². The van der Waals surface area contributed by atoms with Crippen molar-refractivity contribution in [2.75, 3.05) is 32.7 Å². The Morgan fingerprint density at radius 2 is 1.14 bits per heavy atom. The van der Waals surface area contributed by atoms with Crippen LogP contribution in [0.4, 0.5) is 0 Å². The highest BCUT2D eigenvalue weighted by molar-refractivity contribution is 5.98. The van der Waals surface area contributed by atoms with E-state index in [0.717, 1.165) is 25.7 Å². The number of benzene rings is 1. The van der Waals surface area contributed by atoms with Gasteiger partial charge in [0.1, 0.15) is 48.3 Å². The molecule has 440 valence electrons. The van der Waals surface area contributed by atoms with Gasteiger partial charge in [0.25, 0.3) is 0 Å². The van der Waals surface area contributed by atoms with Crippen LogP contribution in [0.3, 0.4) is 0 Å². The standard InChI is InChI=1S/C53H93N15O10/c1-6-7-8-9-13-17-35(69)31-44(70)61-37(19-23-54)47(73)65-40-22-27-59-45(71)41(28-32(2)3)66-49(75)39(21-25-56)63-48(74)38(20-24-55)64-51(77)42(29-33(4)5)67-52(78)43(30-34-15-11-10-12-16-34)68-46(72)36(62-50(40)76)18-14-26-60-53(57)58/h10-12,15-16,32-33,35-43,69H,6-9,13-14,17-31,54-56H2,1-5H3,(H,59,71)(H,61,70)(H,62,76)(H,63,74)(H,64,77)(H,65,73)(H,66,75)(H,67,78)(H,68,72)(H4,57,58,60)/t35-,36+,37-,38+,39+,40+,41+,42+,43-/m1/s1. The Hall–Kier alpha value is -6.44. The topological polar surface area (TPSA) is 422 Å². The van der Waals surface area contributed by atoms with E-state index in [-0.39, 0.29) is 115 Å². The molecule has 0 spiro atoms. The molecule has 1 aromatic rings. The van der Waals surface area contributed by atoms with E-state index in [4.69, 9.17) is 28.3 Å². The summed E-state index contributed by atoms with van der Waals surface area (Å²) in [6.45, 7) is 9.03. The Morgan fingerprint density at radius 3 is 1.68 bits per heavy atom. The quantitative estimate of drug-likeness (QED) is 0.0261. The van der Waals surface area contributed by atoms with Crippen LogP contribution in [0, 0.1) is 17.2 Å². The van der Waals surface area contributed by atoms with Gasteiger partial charge in [-0.1, -0.05) is 97.1 Å². The Balaban J connectivity index is 2.76. The predicted molar refractivity (Wildman–Crippen MR) is 296 cm³/mol. The number of amides is 9. The lowest BCUT2D eigenvalue weighted by Crippen LogP contribution is -2.61. The summed E-state index contributed by atoms with van der Waals surface area (Å²) >= 11 is 0. The molecule has 0 aromatic heterocycles. The molecule has 1 aliphatic heterocycles. The molecule has 9 atom stereocenters. The van der Waals surface area contributed by atoms with Crippen LogP contribution in [-0.2, 0) is 49.6 Å². The molecule has 1 aliphatic rings. The van der Waals surface area contributed by atoms with E-state index in [2.05, 4.69) is 60.1 Å². The molecule has 0 aliphatic carbocycles. The lowest BCUT2D eigenvalue weighted by molar-refractivity contribution is -0.136. The van der Waals surface area contributed by atoms with Crippen molar-refractivity contribution >= 4 is 59.1 Å². The van der Waals surface area contributed by atoms with E-state index < -0.39 is 108 Å². The first-order valence-electron chi connectivity index (χ1n) is 27.7. The summed E-state index contributed by atoms with van der Waals surface area (Å²) in [6.07, 6.45) is 3.57. The zero-order valence-electron chi connectivity index (χ0n) is 46.5. The van der Waals surface area contributed by atoms with E-state index in [1.807, 2.05) is 27.7 Å². The molecular weight excluding hydrogens is 1010 g/mol. The first-order valence-corrected chi connectivity index (χ1v) is 27.7.